The van der Waals surface area contributed by atoms with Crippen molar-refractivity contribution < 1.29 is 14.3 Å². The molecule has 0 saturated carbocycles. The minimum Gasteiger partial charge on any atom is -0.490 e. The molecule has 1 aliphatic heterocycles. The van der Waals surface area contributed by atoms with Crippen molar-refractivity contribution in [3.8, 4) is 0 Å². The summed E-state index contributed by atoms with van der Waals surface area (Å²) < 4.78 is 11.8. The number of benzene rings is 1. The van der Waals surface area contributed by atoms with E-state index in [4.69, 9.17) is 9.47 Å². The van der Waals surface area contributed by atoms with Crippen molar-refractivity contribution in [3.05, 3.63) is 59.9 Å². The molecule has 1 aliphatic carbocycles. The summed E-state index contributed by atoms with van der Waals surface area (Å²) >= 11 is 0. The lowest BCUT2D eigenvalue weighted by molar-refractivity contribution is -0.0221. The van der Waals surface area contributed by atoms with Crippen LogP contribution in [0.3, 0.4) is 0 Å². The van der Waals surface area contributed by atoms with Crippen molar-refractivity contribution in [3.63, 3.8) is 0 Å². The highest BCUT2D eigenvalue weighted by Gasteiger charge is 2.50. The van der Waals surface area contributed by atoms with E-state index >= 15 is 0 Å². The molecule has 0 bridgehead atoms. The van der Waals surface area contributed by atoms with Gasteiger partial charge < -0.3 is 9.47 Å². The van der Waals surface area contributed by atoms with Crippen LogP contribution in [0.2, 0.25) is 0 Å². The van der Waals surface area contributed by atoms with Crippen LogP contribution in [0.1, 0.15) is 37.6 Å². The maximum absolute atomic E-state index is 12.9. The number of Topliss-reactive ketones (excluding diaryl/α,β-unsaturated/α-hetero) is 1. The van der Waals surface area contributed by atoms with Gasteiger partial charge >= 0.3 is 0 Å². The third kappa shape index (κ3) is 2.86. The topological polar surface area (TPSA) is 35.5 Å². The Morgan fingerprint density at radius 2 is 2.04 bits per heavy atom. The Morgan fingerprint density at radius 3 is 2.74 bits per heavy atom. The van der Waals surface area contributed by atoms with E-state index < -0.39 is 5.60 Å². The van der Waals surface area contributed by atoms with Gasteiger partial charge in [-0.1, -0.05) is 50.3 Å². The lowest BCUT2D eigenvalue weighted by atomic mass is 9.69. The van der Waals surface area contributed by atoms with Crippen LogP contribution in [0.4, 0.5) is 0 Å². The lowest BCUT2D eigenvalue weighted by Crippen LogP contribution is -2.44. The van der Waals surface area contributed by atoms with Gasteiger partial charge in [0.05, 0.1) is 12.4 Å². The monoisotopic (exact) mass is 312 g/mol. The smallest absolute Gasteiger partial charge is 0.192 e. The van der Waals surface area contributed by atoms with Gasteiger partial charge in [0.2, 0.25) is 0 Å². The molecule has 3 nitrogen and oxygen atoms in total. The molecule has 3 heteroatoms. The molecule has 0 N–H and O–H groups in total. The molecular formula is C20H24O3. The van der Waals surface area contributed by atoms with Gasteiger partial charge in [-0.05, 0) is 25.3 Å². The SMILES string of the molecule is CCCOC1C=CC2(C)OC=C(C(=O)c3ccccc3)C2C1C. The van der Waals surface area contributed by atoms with E-state index in [0.29, 0.717) is 5.56 Å². The number of hydrogen-bond donors (Lipinski definition) is 0. The van der Waals surface area contributed by atoms with Crippen LogP contribution in [-0.4, -0.2) is 24.1 Å². The van der Waals surface area contributed by atoms with Crippen molar-refractivity contribution in [2.75, 3.05) is 6.61 Å². The second-order valence-electron chi connectivity index (χ2n) is 6.60. The average Bonchev–Trinajstić information content (AvgIpc) is 2.93. The Kier molecular flexibility index (Phi) is 4.40. The fraction of sp³-hybridized carbons (Fsp3) is 0.450. The van der Waals surface area contributed by atoms with Gasteiger partial charge in [0.15, 0.2) is 5.78 Å². The van der Waals surface area contributed by atoms with Crippen LogP contribution in [0, 0.1) is 11.8 Å². The largest absolute Gasteiger partial charge is 0.490 e. The summed E-state index contributed by atoms with van der Waals surface area (Å²) in [6, 6.07) is 9.40. The van der Waals surface area contributed by atoms with Crippen molar-refractivity contribution in [1.82, 2.24) is 0 Å². The molecule has 0 saturated heterocycles. The summed E-state index contributed by atoms with van der Waals surface area (Å²) in [6.45, 7) is 7.02. The number of carbonyl (C=O) groups is 1. The van der Waals surface area contributed by atoms with E-state index in [2.05, 4.69) is 26.0 Å². The second-order valence-corrected chi connectivity index (χ2v) is 6.60. The Bertz CT molecular complexity index is 632. The van der Waals surface area contributed by atoms with Crippen LogP contribution >= 0.6 is 0 Å². The summed E-state index contributed by atoms with van der Waals surface area (Å²) in [5.41, 5.74) is 1.01. The molecule has 1 heterocycles. The van der Waals surface area contributed by atoms with Crippen molar-refractivity contribution in [2.45, 2.75) is 38.9 Å². The molecule has 4 unspecified atom stereocenters. The molecule has 0 aromatic heterocycles. The van der Waals surface area contributed by atoms with Gasteiger partial charge in [0, 0.05) is 23.7 Å². The molecule has 3 rings (SSSR count). The van der Waals surface area contributed by atoms with E-state index in [9.17, 15) is 4.79 Å². The predicted octanol–water partition coefficient (Wildman–Crippen LogP) is 4.16. The third-order valence-corrected chi connectivity index (χ3v) is 4.87. The first-order valence-electron chi connectivity index (χ1n) is 8.35. The molecule has 0 fully saturated rings. The van der Waals surface area contributed by atoms with Crippen LogP contribution in [0.5, 0.6) is 0 Å². The summed E-state index contributed by atoms with van der Waals surface area (Å²) in [7, 11) is 0. The highest BCUT2D eigenvalue weighted by atomic mass is 16.5. The first-order valence-corrected chi connectivity index (χ1v) is 8.35. The first kappa shape index (κ1) is 16.0. The van der Waals surface area contributed by atoms with Crippen LogP contribution in [0.15, 0.2) is 54.3 Å². The van der Waals surface area contributed by atoms with Crippen molar-refractivity contribution >= 4 is 5.78 Å². The average molecular weight is 312 g/mol. The van der Waals surface area contributed by atoms with E-state index in [1.165, 1.54) is 0 Å². The first-order chi connectivity index (χ1) is 11.1. The lowest BCUT2D eigenvalue weighted by Gasteiger charge is -2.40. The molecule has 2 aliphatic rings. The molecule has 0 amide bonds. The number of hydrogen-bond acceptors (Lipinski definition) is 3. The Hall–Kier alpha value is -1.87. The number of ether oxygens (including phenoxy) is 2. The molecule has 4 atom stereocenters. The summed E-state index contributed by atoms with van der Waals surface area (Å²) in [5.74, 6) is 0.260. The Morgan fingerprint density at radius 1 is 1.30 bits per heavy atom. The van der Waals surface area contributed by atoms with Gasteiger partial charge in [-0.25, -0.2) is 0 Å². The predicted molar refractivity (Wildman–Crippen MR) is 90.2 cm³/mol. The maximum atomic E-state index is 12.9. The molecule has 122 valence electrons. The Labute approximate surface area is 138 Å². The van der Waals surface area contributed by atoms with Crippen molar-refractivity contribution in [2.24, 2.45) is 11.8 Å². The zero-order valence-corrected chi connectivity index (χ0v) is 14.0. The highest BCUT2D eigenvalue weighted by molar-refractivity contribution is 6.09. The van der Waals surface area contributed by atoms with Gasteiger partial charge in [-0.2, -0.15) is 0 Å². The Balaban J connectivity index is 1.87. The molecule has 0 radical (unpaired) electrons. The van der Waals surface area contributed by atoms with E-state index in [-0.39, 0.29) is 23.7 Å². The van der Waals surface area contributed by atoms with Crippen LogP contribution < -0.4 is 0 Å². The standard InChI is InChI=1S/C20H24O3/c1-4-12-22-17-10-11-20(3)18(14(17)2)16(13-23-20)19(21)15-8-6-5-7-9-15/h5-11,13-14,17-18H,4,12H2,1-3H3. The second kappa shape index (κ2) is 6.32. The summed E-state index contributed by atoms with van der Waals surface area (Å²) in [4.78, 5) is 12.9. The fourth-order valence-corrected chi connectivity index (χ4v) is 3.66. The van der Waals surface area contributed by atoms with Gasteiger partial charge in [0.1, 0.15) is 5.60 Å². The fourth-order valence-electron chi connectivity index (χ4n) is 3.66. The van der Waals surface area contributed by atoms with E-state index in [1.807, 2.05) is 37.3 Å². The molecular weight excluding hydrogens is 288 g/mol. The van der Waals surface area contributed by atoms with Gasteiger partial charge in [0.25, 0.3) is 0 Å². The van der Waals surface area contributed by atoms with Crippen LogP contribution in [-0.2, 0) is 9.47 Å². The van der Waals surface area contributed by atoms with E-state index in [0.717, 1.165) is 18.6 Å². The third-order valence-electron chi connectivity index (χ3n) is 4.87. The maximum Gasteiger partial charge on any atom is 0.192 e. The number of fused-ring (bicyclic) bond motifs is 1. The summed E-state index contributed by atoms with van der Waals surface area (Å²) in [5, 5.41) is 0. The van der Waals surface area contributed by atoms with E-state index in [1.54, 1.807) is 6.26 Å². The summed E-state index contributed by atoms with van der Waals surface area (Å²) in [6.07, 6.45) is 6.81. The minimum absolute atomic E-state index is 0.0158. The van der Waals surface area contributed by atoms with Gasteiger partial charge in [-0.15, -0.1) is 0 Å². The quantitative estimate of drug-likeness (QED) is 0.605. The number of carbonyl (C=O) groups excluding carboxylic acids is 1. The molecule has 1 aromatic rings. The van der Waals surface area contributed by atoms with Crippen molar-refractivity contribution in [1.29, 1.82) is 0 Å². The van der Waals surface area contributed by atoms with Gasteiger partial charge in [-0.3, -0.25) is 4.79 Å². The zero-order chi connectivity index (χ0) is 16.4. The number of ketones is 1. The van der Waals surface area contributed by atoms with Crippen LogP contribution in [0.25, 0.3) is 0 Å². The minimum atomic E-state index is -0.453. The normalized spacial score (nSPS) is 32.1. The molecule has 0 spiro atoms. The highest BCUT2D eigenvalue weighted by Crippen LogP contribution is 2.46. The zero-order valence-electron chi connectivity index (χ0n) is 14.0. The molecule has 1 aromatic carbocycles. The molecule has 23 heavy (non-hydrogen) atoms. The number of rotatable bonds is 5.